The van der Waals surface area contributed by atoms with E-state index in [-0.39, 0.29) is 24.7 Å². The summed E-state index contributed by atoms with van der Waals surface area (Å²) in [7, 11) is 0. The average Bonchev–Trinajstić information content (AvgIpc) is 2.71. The summed E-state index contributed by atoms with van der Waals surface area (Å²) in [6.07, 6.45) is 12.4. The lowest BCUT2D eigenvalue weighted by molar-refractivity contribution is -0.159. The summed E-state index contributed by atoms with van der Waals surface area (Å²) < 4.78 is 10.6. The molecule has 0 radical (unpaired) electrons. The first-order valence-electron chi connectivity index (χ1n) is 13.7. The van der Waals surface area contributed by atoms with Crippen molar-refractivity contribution in [3.8, 4) is 0 Å². The Morgan fingerprint density at radius 3 is 1.47 bits per heavy atom. The van der Waals surface area contributed by atoms with Crippen LogP contribution in [0.3, 0.4) is 0 Å². The maximum Gasteiger partial charge on any atom is 0.329 e. The summed E-state index contributed by atoms with van der Waals surface area (Å²) in [6, 6.07) is -0.940. The summed E-state index contributed by atoms with van der Waals surface area (Å²) in [6.45, 7) is 10.9. The highest BCUT2D eigenvalue weighted by atomic mass is 16.6. The van der Waals surface area contributed by atoms with Crippen LogP contribution in [0.1, 0.15) is 138 Å². The van der Waals surface area contributed by atoms with Gasteiger partial charge in [-0.1, -0.05) is 57.8 Å². The Bertz CT molecular complexity index is 662. The molecule has 1 amide bonds. The molecule has 0 bridgehead atoms. The maximum absolute atomic E-state index is 12.3. The van der Waals surface area contributed by atoms with Crippen LogP contribution in [-0.2, 0) is 28.7 Å². The van der Waals surface area contributed by atoms with Gasteiger partial charge in [-0.2, -0.15) is 0 Å². The number of aliphatic carboxylic acids is 1. The highest BCUT2D eigenvalue weighted by molar-refractivity contribution is 5.85. The Morgan fingerprint density at radius 2 is 1.06 bits per heavy atom. The predicted molar refractivity (Wildman–Crippen MR) is 141 cm³/mol. The van der Waals surface area contributed by atoms with Crippen molar-refractivity contribution in [1.82, 2.24) is 5.32 Å². The molecule has 0 aromatic carbocycles. The van der Waals surface area contributed by atoms with Crippen LogP contribution in [-0.4, -0.2) is 46.2 Å². The molecule has 1 unspecified atom stereocenters. The van der Waals surface area contributed by atoms with E-state index >= 15 is 0 Å². The van der Waals surface area contributed by atoms with Crippen molar-refractivity contribution in [2.24, 2.45) is 0 Å². The minimum Gasteiger partial charge on any atom is -0.481 e. The normalized spacial score (nSPS) is 12.6. The fourth-order valence-corrected chi connectivity index (χ4v) is 3.69. The van der Waals surface area contributed by atoms with Gasteiger partial charge >= 0.3 is 17.9 Å². The number of amides is 1. The summed E-state index contributed by atoms with van der Waals surface area (Å²) in [5.41, 5.74) is -1.11. The van der Waals surface area contributed by atoms with Crippen LogP contribution in [0.4, 0.5) is 0 Å². The van der Waals surface area contributed by atoms with Gasteiger partial charge in [0.25, 0.3) is 0 Å². The molecular formula is C28H51NO7. The zero-order valence-corrected chi connectivity index (χ0v) is 23.6. The van der Waals surface area contributed by atoms with Crippen molar-refractivity contribution >= 4 is 23.8 Å². The molecule has 36 heavy (non-hydrogen) atoms. The van der Waals surface area contributed by atoms with Crippen LogP contribution >= 0.6 is 0 Å². The fourth-order valence-electron chi connectivity index (χ4n) is 3.69. The van der Waals surface area contributed by atoms with Gasteiger partial charge in [-0.25, -0.2) is 4.79 Å². The van der Waals surface area contributed by atoms with Crippen molar-refractivity contribution < 1.29 is 33.8 Å². The number of nitrogens with one attached hydrogen (secondary N) is 1. The van der Waals surface area contributed by atoms with Gasteiger partial charge in [0.1, 0.15) is 17.2 Å². The second-order valence-corrected chi connectivity index (χ2v) is 11.6. The Labute approximate surface area is 218 Å². The van der Waals surface area contributed by atoms with E-state index in [2.05, 4.69) is 5.32 Å². The van der Waals surface area contributed by atoms with Crippen LogP contribution in [0, 0.1) is 0 Å². The third-order valence-corrected chi connectivity index (χ3v) is 5.38. The van der Waals surface area contributed by atoms with E-state index in [1.165, 1.54) is 25.7 Å². The number of ether oxygens (including phenoxy) is 2. The van der Waals surface area contributed by atoms with Gasteiger partial charge in [0.2, 0.25) is 5.91 Å². The number of carboxylic acid groups (broad SMARTS) is 1. The summed E-state index contributed by atoms with van der Waals surface area (Å²) in [5.74, 6) is -1.97. The summed E-state index contributed by atoms with van der Waals surface area (Å²) in [5, 5.41) is 11.6. The van der Waals surface area contributed by atoms with E-state index in [9.17, 15) is 19.2 Å². The van der Waals surface area contributed by atoms with Crippen molar-refractivity contribution in [2.75, 3.05) is 0 Å². The molecule has 0 fully saturated rings. The van der Waals surface area contributed by atoms with E-state index < -0.39 is 29.2 Å². The molecule has 0 heterocycles. The Hall–Kier alpha value is -2.12. The SMILES string of the molecule is CC(C)(C)OC(=O)CCCCCCCCCCCCCC(=O)NC(CCC(=O)O)C(=O)OC(C)(C)C. The van der Waals surface area contributed by atoms with Gasteiger partial charge in [0.05, 0.1) is 0 Å². The van der Waals surface area contributed by atoms with E-state index in [1.54, 1.807) is 20.8 Å². The molecule has 2 N–H and O–H groups in total. The second-order valence-electron chi connectivity index (χ2n) is 11.6. The zero-order valence-electron chi connectivity index (χ0n) is 23.6. The summed E-state index contributed by atoms with van der Waals surface area (Å²) in [4.78, 5) is 47.1. The van der Waals surface area contributed by atoms with Crippen LogP contribution in [0.25, 0.3) is 0 Å². The van der Waals surface area contributed by atoms with Crippen LogP contribution in [0.15, 0.2) is 0 Å². The lowest BCUT2D eigenvalue weighted by Crippen LogP contribution is -2.44. The number of esters is 2. The Balaban J connectivity index is 3.82. The molecule has 0 aliphatic rings. The maximum atomic E-state index is 12.3. The molecule has 8 heteroatoms. The number of hydrogen-bond donors (Lipinski definition) is 2. The molecular weight excluding hydrogens is 462 g/mol. The van der Waals surface area contributed by atoms with Crippen molar-refractivity contribution in [2.45, 2.75) is 155 Å². The fraction of sp³-hybridized carbons (Fsp3) is 0.857. The van der Waals surface area contributed by atoms with Crippen molar-refractivity contribution in [3.05, 3.63) is 0 Å². The summed E-state index contributed by atoms with van der Waals surface area (Å²) >= 11 is 0. The number of carbonyl (C=O) groups is 4. The number of hydrogen-bond acceptors (Lipinski definition) is 6. The van der Waals surface area contributed by atoms with E-state index in [1.807, 2.05) is 20.8 Å². The van der Waals surface area contributed by atoms with E-state index in [0.717, 1.165) is 44.9 Å². The van der Waals surface area contributed by atoms with E-state index in [4.69, 9.17) is 14.6 Å². The first kappa shape index (κ1) is 33.9. The van der Waals surface area contributed by atoms with Gasteiger partial charge in [0, 0.05) is 19.3 Å². The molecule has 0 aromatic heterocycles. The molecule has 0 aromatic rings. The van der Waals surface area contributed by atoms with Crippen LogP contribution < -0.4 is 5.32 Å². The molecule has 8 nitrogen and oxygen atoms in total. The van der Waals surface area contributed by atoms with Gasteiger partial charge in [-0.3, -0.25) is 14.4 Å². The quantitative estimate of drug-likeness (QED) is 0.158. The predicted octanol–water partition coefficient (Wildman–Crippen LogP) is 6.09. The van der Waals surface area contributed by atoms with Crippen molar-refractivity contribution in [3.63, 3.8) is 0 Å². The van der Waals surface area contributed by atoms with Gasteiger partial charge in [-0.15, -0.1) is 0 Å². The molecule has 1 atom stereocenters. The smallest absolute Gasteiger partial charge is 0.329 e. The average molecular weight is 514 g/mol. The van der Waals surface area contributed by atoms with Crippen molar-refractivity contribution in [1.29, 1.82) is 0 Å². The molecule has 0 aliphatic heterocycles. The highest BCUT2D eigenvalue weighted by Gasteiger charge is 2.27. The number of unbranched alkanes of at least 4 members (excludes halogenated alkanes) is 10. The first-order chi connectivity index (χ1) is 16.7. The molecule has 0 rings (SSSR count). The second kappa shape index (κ2) is 18.2. The van der Waals surface area contributed by atoms with E-state index in [0.29, 0.717) is 12.8 Å². The molecule has 0 spiro atoms. The Morgan fingerprint density at radius 1 is 0.639 bits per heavy atom. The zero-order chi connectivity index (χ0) is 27.6. The highest BCUT2D eigenvalue weighted by Crippen LogP contribution is 2.15. The first-order valence-corrected chi connectivity index (χ1v) is 13.7. The number of carboxylic acids is 1. The van der Waals surface area contributed by atoms with Gasteiger partial charge in [0.15, 0.2) is 0 Å². The monoisotopic (exact) mass is 513 g/mol. The molecule has 0 saturated heterocycles. The van der Waals surface area contributed by atoms with Crippen LogP contribution in [0.5, 0.6) is 0 Å². The number of rotatable bonds is 19. The lowest BCUT2D eigenvalue weighted by atomic mass is 10.0. The third-order valence-electron chi connectivity index (χ3n) is 5.38. The largest absolute Gasteiger partial charge is 0.481 e. The topological polar surface area (TPSA) is 119 Å². The standard InChI is InChI=1S/C28H51NO7/c1-27(2,3)35-25(33)19-17-15-13-11-9-7-8-10-12-14-16-18-23(30)29-22(20-21-24(31)32)26(34)36-28(4,5)6/h22H,7-21H2,1-6H3,(H,29,30)(H,31,32). The van der Waals surface area contributed by atoms with Crippen LogP contribution in [0.2, 0.25) is 0 Å². The third kappa shape index (κ3) is 22.4. The minimum atomic E-state index is -1.02. The van der Waals surface area contributed by atoms with Gasteiger partial charge < -0.3 is 19.9 Å². The Kier molecular flexibility index (Phi) is 17.1. The lowest BCUT2D eigenvalue weighted by Gasteiger charge is -2.24. The van der Waals surface area contributed by atoms with Gasteiger partial charge in [-0.05, 0) is 60.8 Å². The molecule has 0 saturated carbocycles. The molecule has 210 valence electrons. The minimum absolute atomic E-state index is 0.0136. The number of carbonyl (C=O) groups excluding carboxylic acids is 3. The molecule has 0 aliphatic carbocycles.